The standard InChI is InChI=1S/C20H13FN2O4/c21-16-8-4-3-7-14(16)18(25)15(11-22)17(24)9-10-23-19(26)12-5-1-2-6-13(12)20(23)27/h1-8,15H,9-10H2/t15-/m1/s1. The van der Waals surface area contributed by atoms with Crippen LogP contribution in [-0.2, 0) is 4.79 Å². The molecule has 0 aromatic heterocycles. The van der Waals surface area contributed by atoms with Gasteiger partial charge in [0.25, 0.3) is 11.8 Å². The Balaban J connectivity index is 1.71. The van der Waals surface area contributed by atoms with Gasteiger partial charge in [0.1, 0.15) is 5.82 Å². The van der Waals surface area contributed by atoms with E-state index in [4.69, 9.17) is 0 Å². The summed E-state index contributed by atoms with van der Waals surface area (Å²) in [5.41, 5.74) is 0.140. The maximum atomic E-state index is 13.7. The number of ketones is 2. The van der Waals surface area contributed by atoms with E-state index in [0.29, 0.717) is 0 Å². The van der Waals surface area contributed by atoms with Gasteiger partial charge in [-0.1, -0.05) is 24.3 Å². The third-order valence-electron chi connectivity index (χ3n) is 4.31. The van der Waals surface area contributed by atoms with Gasteiger partial charge in [0.2, 0.25) is 0 Å². The van der Waals surface area contributed by atoms with Crippen molar-refractivity contribution in [3.8, 4) is 6.07 Å². The molecule has 1 heterocycles. The molecule has 0 saturated heterocycles. The number of rotatable bonds is 6. The first-order valence-electron chi connectivity index (χ1n) is 8.12. The molecule has 0 bridgehead atoms. The van der Waals surface area contributed by atoms with Crippen molar-refractivity contribution in [2.24, 2.45) is 5.92 Å². The van der Waals surface area contributed by atoms with Crippen molar-refractivity contribution in [3.63, 3.8) is 0 Å². The molecule has 0 unspecified atom stereocenters. The molecule has 2 aromatic carbocycles. The van der Waals surface area contributed by atoms with Crippen LogP contribution in [0.1, 0.15) is 37.5 Å². The molecule has 6 nitrogen and oxygen atoms in total. The number of hydrogen-bond donors (Lipinski definition) is 0. The Morgan fingerprint density at radius 1 is 1.00 bits per heavy atom. The number of carbonyl (C=O) groups excluding carboxylic acids is 4. The van der Waals surface area contributed by atoms with Crippen LogP contribution in [0.3, 0.4) is 0 Å². The van der Waals surface area contributed by atoms with E-state index in [9.17, 15) is 28.8 Å². The second-order valence-electron chi connectivity index (χ2n) is 5.93. The Labute approximate surface area is 153 Å². The van der Waals surface area contributed by atoms with Crippen molar-refractivity contribution >= 4 is 23.4 Å². The summed E-state index contributed by atoms with van der Waals surface area (Å²) in [5.74, 6) is -5.30. The zero-order valence-electron chi connectivity index (χ0n) is 14.0. The fraction of sp³-hybridized carbons (Fsp3) is 0.150. The van der Waals surface area contributed by atoms with Crippen LogP contribution in [-0.4, -0.2) is 34.8 Å². The smallest absolute Gasteiger partial charge is 0.261 e. The number of Topliss-reactive ketones (excluding diaryl/α,β-unsaturated/α-hetero) is 2. The third kappa shape index (κ3) is 3.25. The molecule has 0 N–H and O–H groups in total. The summed E-state index contributed by atoms with van der Waals surface area (Å²) in [6, 6.07) is 12.9. The van der Waals surface area contributed by atoms with Crippen LogP contribution in [0.25, 0.3) is 0 Å². The largest absolute Gasteiger partial charge is 0.298 e. The Hall–Kier alpha value is -3.66. The molecule has 1 aliphatic heterocycles. The molecule has 2 aromatic rings. The predicted octanol–water partition coefficient (Wildman–Crippen LogP) is 2.40. The van der Waals surface area contributed by atoms with Crippen LogP contribution in [0.2, 0.25) is 0 Å². The number of imide groups is 1. The second-order valence-corrected chi connectivity index (χ2v) is 5.93. The number of nitriles is 1. The van der Waals surface area contributed by atoms with Gasteiger partial charge in [-0.05, 0) is 24.3 Å². The molecule has 0 spiro atoms. The summed E-state index contributed by atoms with van der Waals surface area (Å²) in [7, 11) is 0. The lowest BCUT2D eigenvalue weighted by Gasteiger charge is -2.14. The number of fused-ring (bicyclic) bond motifs is 1. The number of hydrogen-bond acceptors (Lipinski definition) is 5. The van der Waals surface area contributed by atoms with Crippen molar-refractivity contribution in [3.05, 3.63) is 71.0 Å². The van der Waals surface area contributed by atoms with Crippen LogP contribution in [0.15, 0.2) is 48.5 Å². The van der Waals surface area contributed by atoms with E-state index in [0.717, 1.165) is 11.0 Å². The molecular formula is C20H13FN2O4. The summed E-state index contributed by atoms with van der Waals surface area (Å²) in [5, 5.41) is 9.20. The third-order valence-corrected chi connectivity index (χ3v) is 4.31. The number of benzene rings is 2. The molecule has 1 atom stereocenters. The van der Waals surface area contributed by atoms with Gasteiger partial charge < -0.3 is 0 Å². The normalized spacial score (nSPS) is 13.9. The van der Waals surface area contributed by atoms with Crippen LogP contribution in [0.4, 0.5) is 4.39 Å². The lowest BCUT2D eigenvalue weighted by Crippen LogP contribution is -2.34. The Morgan fingerprint density at radius 2 is 1.56 bits per heavy atom. The predicted molar refractivity (Wildman–Crippen MR) is 91.3 cm³/mol. The van der Waals surface area contributed by atoms with E-state index in [1.165, 1.54) is 30.3 Å². The van der Waals surface area contributed by atoms with Crippen LogP contribution in [0.5, 0.6) is 0 Å². The number of nitrogens with zero attached hydrogens (tertiary/aromatic N) is 2. The molecule has 134 valence electrons. The minimum atomic E-state index is -1.70. The number of halogens is 1. The molecular weight excluding hydrogens is 351 g/mol. The highest BCUT2D eigenvalue weighted by Gasteiger charge is 2.36. The van der Waals surface area contributed by atoms with E-state index in [1.807, 2.05) is 0 Å². The number of carbonyl (C=O) groups is 4. The van der Waals surface area contributed by atoms with Gasteiger partial charge in [0.15, 0.2) is 17.5 Å². The molecule has 7 heteroatoms. The van der Waals surface area contributed by atoms with E-state index in [1.54, 1.807) is 18.2 Å². The Morgan fingerprint density at radius 3 is 2.11 bits per heavy atom. The average Bonchev–Trinajstić information content (AvgIpc) is 2.91. The Bertz CT molecular complexity index is 974. The lowest BCUT2D eigenvalue weighted by atomic mass is 9.93. The SMILES string of the molecule is N#C[C@H](C(=O)CCN1C(=O)c2ccccc2C1=O)C(=O)c1ccccc1F. The lowest BCUT2D eigenvalue weighted by molar-refractivity contribution is -0.120. The highest BCUT2D eigenvalue weighted by molar-refractivity contribution is 6.21. The quantitative estimate of drug-likeness (QED) is 0.446. The van der Waals surface area contributed by atoms with Crippen LogP contribution in [0, 0.1) is 23.1 Å². The highest BCUT2D eigenvalue weighted by atomic mass is 19.1. The topological polar surface area (TPSA) is 95.3 Å². The van der Waals surface area contributed by atoms with Gasteiger partial charge in [0.05, 0.1) is 22.8 Å². The molecule has 0 saturated carbocycles. The first-order valence-corrected chi connectivity index (χ1v) is 8.12. The highest BCUT2D eigenvalue weighted by Crippen LogP contribution is 2.23. The summed E-state index contributed by atoms with van der Waals surface area (Å²) in [6.45, 7) is -0.256. The minimum absolute atomic E-state index is 0.245. The summed E-state index contributed by atoms with van der Waals surface area (Å²) in [6.07, 6.45) is -0.371. The zero-order chi connectivity index (χ0) is 19.6. The second kappa shape index (κ2) is 7.30. The van der Waals surface area contributed by atoms with Crippen molar-refractivity contribution in [2.45, 2.75) is 6.42 Å². The molecule has 2 amide bonds. The molecule has 0 fully saturated rings. The van der Waals surface area contributed by atoms with Gasteiger partial charge >= 0.3 is 0 Å². The maximum absolute atomic E-state index is 13.7. The first kappa shape index (κ1) is 18.1. The number of amides is 2. The minimum Gasteiger partial charge on any atom is -0.298 e. The van der Waals surface area contributed by atoms with E-state index in [-0.39, 0.29) is 29.7 Å². The summed E-state index contributed by atoms with van der Waals surface area (Å²) in [4.78, 5) is 50.1. The van der Waals surface area contributed by atoms with Crippen molar-refractivity contribution < 1.29 is 23.6 Å². The molecule has 0 radical (unpaired) electrons. The van der Waals surface area contributed by atoms with Crippen molar-refractivity contribution in [1.82, 2.24) is 4.90 Å². The van der Waals surface area contributed by atoms with E-state index >= 15 is 0 Å². The molecule has 27 heavy (non-hydrogen) atoms. The zero-order valence-corrected chi connectivity index (χ0v) is 14.0. The molecule has 0 aliphatic carbocycles. The average molecular weight is 364 g/mol. The van der Waals surface area contributed by atoms with Crippen molar-refractivity contribution in [2.75, 3.05) is 6.54 Å². The fourth-order valence-electron chi connectivity index (χ4n) is 2.90. The first-order chi connectivity index (χ1) is 13.0. The molecule has 1 aliphatic rings. The Kier molecular flexibility index (Phi) is 4.90. The van der Waals surface area contributed by atoms with Gasteiger partial charge in [-0.25, -0.2) is 4.39 Å². The summed E-state index contributed by atoms with van der Waals surface area (Å²) >= 11 is 0. The van der Waals surface area contributed by atoms with Crippen LogP contribution >= 0.6 is 0 Å². The fourth-order valence-corrected chi connectivity index (χ4v) is 2.90. The van der Waals surface area contributed by atoms with Gasteiger partial charge in [-0.15, -0.1) is 0 Å². The van der Waals surface area contributed by atoms with Gasteiger partial charge in [0, 0.05) is 13.0 Å². The van der Waals surface area contributed by atoms with E-state index in [2.05, 4.69) is 0 Å². The monoisotopic (exact) mass is 364 g/mol. The molecule has 3 rings (SSSR count). The van der Waals surface area contributed by atoms with Gasteiger partial charge in [-0.2, -0.15) is 5.26 Å². The van der Waals surface area contributed by atoms with E-state index < -0.39 is 35.1 Å². The maximum Gasteiger partial charge on any atom is 0.261 e. The van der Waals surface area contributed by atoms with Gasteiger partial charge in [-0.3, -0.25) is 24.1 Å². The van der Waals surface area contributed by atoms with Crippen molar-refractivity contribution in [1.29, 1.82) is 5.26 Å². The summed E-state index contributed by atoms with van der Waals surface area (Å²) < 4.78 is 13.7. The van der Waals surface area contributed by atoms with Crippen LogP contribution < -0.4 is 0 Å².